The van der Waals surface area contributed by atoms with Crippen LogP contribution < -0.4 is 0 Å². The van der Waals surface area contributed by atoms with Gasteiger partial charge in [-0.2, -0.15) is 0 Å². The third-order valence-electron chi connectivity index (χ3n) is 7.03. The number of nitrogens with zero attached hydrogens (tertiary/aromatic N) is 4. The summed E-state index contributed by atoms with van der Waals surface area (Å²) in [4.78, 5) is 54.2. The second-order valence-corrected chi connectivity index (χ2v) is 10.5. The van der Waals surface area contributed by atoms with E-state index < -0.39 is 0 Å². The molecule has 3 aromatic carbocycles. The molecule has 0 N–H and O–H groups in total. The molecule has 5 rings (SSSR count). The predicted octanol–water partition coefficient (Wildman–Crippen LogP) is 4.06. The third kappa shape index (κ3) is 6.75. The van der Waals surface area contributed by atoms with Crippen LogP contribution in [0.4, 0.5) is 0 Å². The lowest BCUT2D eigenvalue weighted by molar-refractivity contribution is -0.128. The zero-order chi connectivity index (χ0) is 28.8. The molecule has 4 amide bonds. The number of likely N-dealkylation sites (tertiary alicyclic amines) is 1. The zero-order valence-corrected chi connectivity index (χ0v) is 23.6. The maximum Gasteiger partial charge on any atom is 0.254 e. The van der Waals surface area contributed by atoms with Crippen molar-refractivity contribution in [3.63, 3.8) is 0 Å². The topological polar surface area (TPSA) is 81.2 Å². The number of amides is 4. The van der Waals surface area contributed by atoms with Crippen molar-refractivity contribution < 1.29 is 19.2 Å². The van der Waals surface area contributed by atoms with E-state index >= 15 is 0 Å². The standard InChI is InChI=1S/C18H18N2O2.C14H18N2O2/c1-19(2)17(21)14-9-7-13(8-10-14)11-20-12-15-5-3-4-6-16(15)18(20)22;1-15(2)14(18)12-7-5-11(6-8-12)10-16-9-3-4-13(16)17/h3-10H,11-12H2,1-2H3;5-8H,3-4,9-10H2,1-2H3. The highest BCUT2D eigenvalue weighted by Gasteiger charge is 2.26. The maximum absolute atomic E-state index is 12.3. The Balaban J connectivity index is 0.000000189. The van der Waals surface area contributed by atoms with Gasteiger partial charge in [-0.25, -0.2) is 0 Å². The summed E-state index contributed by atoms with van der Waals surface area (Å²) in [5.74, 6) is 0.280. The number of carbonyl (C=O) groups excluding carboxylic acids is 4. The van der Waals surface area contributed by atoms with E-state index in [-0.39, 0.29) is 23.6 Å². The lowest BCUT2D eigenvalue weighted by Gasteiger charge is -2.16. The molecule has 0 saturated carbocycles. The second-order valence-electron chi connectivity index (χ2n) is 10.5. The number of hydrogen-bond donors (Lipinski definition) is 0. The van der Waals surface area contributed by atoms with Crippen LogP contribution in [0.3, 0.4) is 0 Å². The van der Waals surface area contributed by atoms with Crippen molar-refractivity contribution in [2.45, 2.75) is 32.5 Å². The van der Waals surface area contributed by atoms with Gasteiger partial charge in [-0.15, -0.1) is 0 Å². The normalized spacial score (nSPS) is 14.0. The fourth-order valence-electron chi connectivity index (χ4n) is 4.78. The minimum absolute atomic E-state index is 0.00111. The Morgan fingerprint density at radius 1 is 0.700 bits per heavy atom. The van der Waals surface area contributed by atoms with Gasteiger partial charge in [0.2, 0.25) is 5.91 Å². The first kappa shape index (κ1) is 28.5. The quantitative estimate of drug-likeness (QED) is 0.472. The molecule has 0 aliphatic carbocycles. The molecule has 208 valence electrons. The molecule has 0 aromatic heterocycles. The van der Waals surface area contributed by atoms with Crippen molar-refractivity contribution >= 4 is 23.6 Å². The lowest BCUT2D eigenvalue weighted by atomic mass is 10.1. The molecule has 0 spiro atoms. The molecule has 8 heteroatoms. The van der Waals surface area contributed by atoms with Gasteiger partial charge < -0.3 is 19.6 Å². The lowest BCUT2D eigenvalue weighted by Crippen LogP contribution is -2.24. The maximum atomic E-state index is 12.3. The summed E-state index contributed by atoms with van der Waals surface area (Å²) < 4.78 is 0. The molecule has 1 saturated heterocycles. The van der Waals surface area contributed by atoms with Crippen LogP contribution in [-0.4, -0.2) is 78.0 Å². The van der Waals surface area contributed by atoms with Crippen molar-refractivity contribution in [3.05, 3.63) is 106 Å². The monoisotopic (exact) mass is 540 g/mol. The minimum Gasteiger partial charge on any atom is -0.345 e. The molecule has 2 aliphatic rings. The Hall–Kier alpha value is -4.46. The summed E-state index contributed by atoms with van der Waals surface area (Å²) >= 11 is 0. The summed E-state index contributed by atoms with van der Waals surface area (Å²) in [5.41, 5.74) is 5.30. The van der Waals surface area contributed by atoms with E-state index in [0.717, 1.165) is 35.2 Å². The number of hydrogen-bond acceptors (Lipinski definition) is 4. The second kappa shape index (κ2) is 12.6. The average molecular weight is 541 g/mol. The highest BCUT2D eigenvalue weighted by molar-refractivity contribution is 5.98. The van der Waals surface area contributed by atoms with E-state index in [1.54, 1.807) is 38.0 Å². The highest BCUT2D eigenvalue weighted by Crippen LogP contribution is 2.24. The molecule has 8 nitrogen and oxygen atoms in total. The summed E-state index contributed by atoms with van der Waals surface area (Å²) in [7, 11) is 6.94. The number of rotatable bonds is 6. The molecule has 3 aromatic rings. The Labute approximate surface area is 235 Å². The average Bonchev–Trinajstić information content (AvgIpc) is 3.50. The SMILES string of the molecule is CN(C)C(=O)c1ccc(CN2CCCC2=O)cc1.CN(C)C(=O)c1ccc(CN2Cc3ccccc3C2=O)cc1. The van der Waals surface area contributed by atoms with E-state index in [0.29, 0.717) is 37.2 Å². The number of fused-ring (bicyclic) bond motifs is 1. The van der Waals surface area contributed by atoms with Crippen molar-refractivity contribution in [2.75, 3.05) is 34.7 Å². The van der Waals surface area contributed by atoms with Crippen LogP contribution >= 0.6 is 0 Å². The predicted molar refractivity (Wildman–Crippen MR) is 154 cm³/mol. The summed E-state index contributed by atoms with van der Waals surface area (Å²) in [6, 6.07) is 22.6. The molecule has 0 radical (unpaired) electrons. The van der Waals surface area contributed by atoms with Crippen LogP contribution in [0, 0.1) is 0 Å². The van der Waals surface area contributed by atoms with E-state index in [1.165, 1.54) is 0 Å². The number of carbonyl (C=O) groups is 4. The van der Waals surface area contributed by atoms with Crippen molar-refractivity contribution in [1.29, 1.82) is 0 Å². The Morgan fingerprint density at radius 2 is 1.20 bits per heavy atom. The van der Waals surface area contributed by atoms with Crippen LogP contribution in [0.1, 0.15) is 60.6 Å². The number of benzene rings is 3. The summed E-state index contributed by atoms with van der Waals surface area (Å²) in [5, 5.41) is 0. The Bertz CT molecular complexity index is 1380. The molecule has 40 heavy (non-hydrogen) atoms. The van der Waals surface area contributed by atoms with Crippen LogP contribution in [0.2, 0.25) is 0 Å². The highest BCUT2D eigenvalue weighted by atomic mass is 16.2. The smallest absolute Gasteiger partial charge is 0.254 e. The molecule has 0 unspecified atom stereocenters. The molecule has 2 aliphatic heterocycles. The van der Waals surface area contributed by atoms with E-state index in [9.17, 15) is 19.2 Å². The van der Waals surface area contributed by atoms with Gasteiger partial charge in [-0.1, -0.05) is 42.5 Å². The van der Waals surface area contributed by atoms with Gasteiger partial charge in [-0.3, -0.25) is 19.2 Å². The van der Waals surface area contributed by atoms with Gasteiger partial charge in [0.1, 0.15) is 0 Å². The largest absolute Gasteiger partial charge is 0.345 e. The van der Waals surface area contributed by atoms with Gasteiger partial charge in [-0.05, 0) is 53.4 Å². The van der Waals surface area contributed by atoms with Gasteiger partial charge in [0.05, 0.1) is 0 Å². The third-order valence-corrected chi connectivity index (χ3v) is 7.03. The van der Waals surface area contributed by atoms with Crippen LogP contribution in [-0.2, 0) is 24.4 Å². The molecule has 2 heterocycles. The van der Waals surface area contributed by atoms with Gasteiger partial charge in [0.15, 0.2) is 0 Å². The first-order valence-electron chi connectivity index (χ1n) is 13.4. The van der Waals surface area contributed by atoms with E-state index in [4.69, 9.17) is 0 Å². The van der Waals surface area contributed by atoms with Crippen molar-refractivity contribution in [2.24, 2.45) is 0 Å². The van der Waals surface area contributed by atoms with Crippen LogP contribution in [0.5, 0.6) is 0 Å². The Kier molecular flexibility index (Phi) is 8.99. The molecule has 1 fully saturated rings. The molecular formula is C32H36N4O4. The van der Waals surface area contributed by atoms with Crippen LogP contribution in [0.15, 0.2) is 72.8 Å². The fourth-order valence-corrected chi connectivity index (χ4v) is 4.78. The molecule has 0 bridgehead atoms. The van der Waals surface area contributed by atoms with E-state index in [1.807, 2.05) is 82.6 Å². The Morgan fingerprint density at radius 3 is 1.65 bits per heavy atom. The zero-order valence-electron chi connectivity index (χ0n) is 23.6. The fraction of sp³-hybridized carbons (Fsp3) is 0.312. The van der Waals surface area contributed by atoms with E-state index in [2.05, 4.69) is 0 Å². The van der Waals surface area contributed by atoms with Gasteiger partial charge in [0, 0.05) is 77.5 Å². The summed E-state index contributed by atoms with van der Waals surface area (Å²) in [6.07, 6.45) is 1.62. The summed E-state index contributed by atoms with van der Waals surface area (Å²) in [6.45, 7) is 2.70. The first-order valence-corrected chi connectivity index (χ1v) is 13.4. The minimum atomic E-state index is -0.0174. The molecule has 0 atom stereocenters. The van der Waals surface area contributed by atoms with Gasteiger partial charge >= 0.3 is 0 Å². The van der Waals surface area contributed by atoms with Crippen LogP contribution in [0.25, 0.3) is 0 Å². The van der Waals surface area contributed by atoms with Crippen molar-refractivity contribution in [3.8, 4) is 0 Å². The first-order chi connectivity index (χ1) is 19.1. The van der Waals surface area contributed by atoms with Crippen molar-refractivity contribution in [1.82, 2.24) is 19.6 Å². The van der Waals surface area contributed by atoms with Gasteiger partial charge in [0.25, 0.3) is 17.7 Å². The molecular weight excluding hydrogens is 504 g/mol.